The van der Waals surface area contributed by atoms with Gasteiger partial charge in [0.05, 0.1) is 0 Å². The van der Waals surface area contributed by atoms with E-state index in [-0.39, 0.29) is 0 Å². The van der Waals surface area contributed by atoms with E-state index >= 15 is 0 Å². The lowest BCUT2D eigenvalue weighted by Gasteiger charge is -2.37. The molecule has 2 N–H and O–H groups in total. The van der Waals surface area contributed by atoms with Gasteiger partial charge in [-0.2, -0.15) is 0 Å². The Bertz CT molecular complexity index is 658. The lowest BCUT2D eigenvalue weighted by Crippen LogP contribution is -2.47. The van der Waals surface area contributed by atoms with Crippen molar-refractivity contribution in [2.45, 2.75) is 20.3 Å². The fourth-order valence-corrected chi connectivity index (χ4v) is 3.33. The first-order chi connectivity index (χ1) is 11.1. The summed E-state index contributed by atoms with van der Waals surface area (Å²) in [6, 6.07) is 14.9. The van der Waals surface area contributed by atoms with Crippen LogP contribution in [0.2, 0.25) is 0 Å². The molecule has 1 aliphatic rings. The summed E-state index contributed by atoms with van der Waals surface area (Å²) in [5.74, 6) is 0. The first kappa shape index (κ1) is 15.9. The zero-order valence-electron chi connectivity index (χ0n) is 14.3. The van der Waals surface area contributed by atoms with Gasteiger partial charge in [-0.3, -0.25) is 4.90 Å². The third-order valence-electron chi connectivity index (χ3n) is 4.96. The summed E-state index contributed by atoms with van der Waals surface area (Å²) in [5.41, 5.74) is 12.3. The number of hydrogen-bond donors (Lipinski definition) is 1. The zero-order valence-corrected chi connectivity index (χ0v) is 14.3. The fraction of sp³-hybridized carbons (Fsp3) is 0.400. The monoisotopic (exact) mass is 309 g/mol. The quantitative estimate of drug-likeness (QED) is 0.880. The SMILES string of the molecule is Cc1cccc(N2CCN(CCc3cccc(N)c3)CC2)c1C. The Hall–Kier alpha value is -2.00. The molecule has 1 saturated heterocycles. The molecule has 0 atom stereocenters. The summed E-state index contributed by atoms with van der Waals surface area (Å²) in [5, 5.41) is 0. The molecule has 23 heavy (non-hydrogen) atoms. The van der Waals surface area contributed by atoms with Crippen molar-refractivity contribution in [3.8, 4) is 0 Å². The Labute approximate surface area is 139 Å². The molecule has 0 unspecified atom stereocenters. The van der Waals surface area contributed by atoms with Crippen molar-refractivity contribution >= 4 is 11.4 Å². The van der Waals surface area contributed by atoms with E-state index in [2.05, 4.69) is 54.0 Å². The lowest BCUT2D eigenvalue weighted by atomic mass is 10.1. The molecular formula is C20H27N3. The van der Waals surface area contributed by atoms with E-state index in [0.29, 0.717) is 0 Å². The van der Waals surface area contributed by atoms with Gasteiger partial charge in [0.1, 0.15) is 0 Å². The molecule has 3 nitrogen and oxygen atoms in total. The molecule has 2 aromatic rings. The normalized spacial score (nSPS) is 15.8. The van der Waals surface area contributed by atoms with Gasteiger partial charge < -0.3 is 10.6 Å². The second-order valence-electron chi connectivity index (χ2n) is 6.54. The van der Waals surface area contributed by atoms with Crippen LogP contribution in [-0.4, -0.2) is 37.6 Å². The van der Waals surface area contributed by atoms with Crippen molar-refractivity contribution < 1.29 is 0 Å². The van der Waals surface area contributed by atoms with Crippen LogP contribution < -0.4 is 10.6 Å². The summed E-state index contributed by atoms with van der Waals surface area (Å²) in [7, 11) is 0. The number of benzene rings is 2. The van der Waals surface area contributed by atoms with Crippen LogP contribution in [0.3, 0.4) is 0 Å². The van der Waals surface area contributed by atoms with Crippen LogP contribution in [0.15, 0.2) is 42.5 Å². The van der Waals surface area contributed by atoms with Crippen LogP contribution >= 0.6 is 0 Å². The minimum atomic E-state index is 0.863. The number of hydrogen-bond acceptors (Lipinski definition) is 3. The van der Waals surface area contributed by atoms with E-state index < -0.39 is 0 Å². The molecule has 0 radical (unpaired) electrons. The van der Waals surface area contributed by atoms with Crippen LogP contribution in [0.4, 0.5) is 11.4 Å². The molecule has 0 bridgehead atoms. The molecule has 0 amide bonds. The highest BCUT2D eigenvalue weighted by atomic mass is 15.3. The highest BCUT2D eigenvalue weighted by Gasteiger charge is 2.18. The second-order valence-corrected chi connectivity index (χ2v) is 6.54. The van der Waals surface area contributed by atoms with E-state index in [9.17, 15) is 0 Å². The van der Waals surface area contributed by atoms with E-state index in [0.717, 1.165) is 44.8 Å². The Morgan fingerprint density at radius 2 is 1.70 bits per heavy atom. The van der Waals surface area contributed by atoms with Crippen LogP contribution in [0, 0.1) is 13.8 Å². The van der Waals surface area contributed by atoms with Crippen molar-refractivity contribution in [1.82, 2.24) is 4.90 Å². The third-order valence-corrected chi connectivity index (χ3v) is 4.96. The molecule has 122 valence electrons. The van der Waals surface area contributed by atoms with Crippen molar-refractivity contribution in [1.29, 1.82) is 0 Å². The Morgan fingerprint density at radius 1 is 0.957 bits per heavy atom. The number of nitrogens with zero attached hydrogens (tertiary/aromatic N) is 2. The summed E-state index contributed by atoms with van der Waals surface area (Å²) in [6.07, 6.45) is 1.08. The Morgan fingerprint density at radius 3 is 2.43 bits per heavy atom. The molecule has 2 aromatic carbocycles. The highest BCUT2D eigenvalue weighted by Crippen LogP contribution is 2.23. The molecule has 0 spiro atoms. The average Bonchev–Trinajstić information content (AvgIpc) is 2.56. The zero-order chi connectivity index (χ0) is 16.2. The predicted octanol–water partition coefficient (Wildman–Crippen LogP) is 3.25. The number of anilines is 2. The molecule has 0 aliphatic carbocycles. The number of nitrogens with two attached hydrogens (primary N) is 1. The molecule has 0 saturated carbocycles. The molecule has 3 heteroatoms. The number of rotatable bonds is 4. The molecule has 0 aromatic heterocycles. The summed E-state index contributed by atoms with van der Waals surface area (Å²) in [4.78, 5) is 5.09. The number of nitrogen functional groups attached to an aromatic ring is 1. The molecule has 1 heterocycles. The van der Waals surface area contributed by atoms with Crippen LogP contribution in [0.5, 0.6) is 0 Å². The van der Waals surface area contributed by atoms with E-state index in [1.165, 1.54) is 22.4 Å². The highest BCUT2D eigenvalue weighted by molar-refractivity contribution is 5.56. The van der Waals surface area contributed by atoms with Crippen molar-refractivity contribution in [3.05, 3.63) is 59.2 Å². The first-order valence-electron chi connectivity index (χ1n) is 8.51. The Balaban J connectivity index is 1.53. The van der Waals surface area contributed by atoms with Crippen LogP contribution in [-0.2, 0) is 6.42 Å². The third kappa shape index (κ3) is 3.85. The second kappa shape index (κ2) is 7.05. The van der Waals surface area contributed by atoms with Gasteiger partial charge in [0.15, 0.2) is 0 Å². The maximum absolute atomic E-state index is 5.86. The molecule has 3 rings (SSSR count). The molecule has 1 aliphatic heterocycles. The maximum atomic E-state index is 5.86. The van der Waals surface area contributed by atoms with Gasteiger partial charge in [0, 0.05) is 44.1 Å². The van der Waals surface area contributed by atoms with Crippen molar-refractivity contribution in [2.24, 2.45) is 0 Å². The average molecular weight is 309 g/mol. The first-order valence-corrected chi connectivity index (χ1v) is 8.51. The summed E-state index contributed by atoms with van der Waals surface area (Å²) in [6.45, 7) is 10.0. The van der Waals surface area contributed by atoms with Crippen LogP contribution in [0.25, 0.3) is 0 Å². The van der Waals surface area contributed by atoms with Gasteiger partial charge in [0.25, 0.3) is 0 Å². The minimum absolute atomic E-state index is 0.863. The Kier molecular flexibility index (Phi) is 4.87. The van der Waals surface area contributed by atoms with Gasteiger partial charge in [-0.05, 0) is 55.2 Å². The van der Waals surface area contributed by atoms with Crippen molar-refractivity contribution in [3.63, 3.8) is 0 Å². The lowest BCUT2D eigenvalue weighted by molar-refractivity contribution is 0.261. The predicted molar refractivity (Wildman–Crippen MR) is 99.1 cm³/mol. The summed E-state index contributed by atoms with van der Waals surface area (Å²) < 4.78 is 0. The number of piperazine rings is 1. The van der Waals surface area contributed by atoms with Gasteiger partial charge >= 0.3 is 0 Å². The van der Waals surface area contributed by atoms with Crippen molar-refractivity contribution in [2.75, 3.05) is 43.4 Å². The van der Waals surface area contributed by atoms with E-state index in [1.807, 2.05) is 12.1 Å². The van der Waals surface area contributed by atoms with Crippen LogP contribution in [0.1, 0.15) is 16.7 Å². The fourth-order valence-electron chi connectivity index (χ4n) is 3.33. The standard InChI is InChI=1S/C20H27N3/c1-16-5-3-8-20(17(16)2)23-13-11-22(12-14-23)10-9-18-6-4-7-19(21)15-18/h3-8,15H,9-14,21H2,1-2H3. The molecule has 1 fully saturated rings. The number of aryl methyl sites for hydroxylation is 1. The maximum Gasteiger partial charge on any atom is 0.0399 e. The smallest absolute Gasteiger partial charge is 0.0399 e. The largest absolute Gasteiger partial charge is 0.399 e. The molecular weight excluding hydrogens is 282 g/mol. The topological polar surface area (TPSA) is 32.5 Å². The van der Waals surface area contributed by atoms with E-state index in [1.54, 1.807) is 0 Å². The summed E-state index contributed by atoms with van der Waals surface area (Å²) >= 11 is 0. The minimum Gasteiger partial charge on any atom is -0.399 e. The van der Waals surface area contributed by atoms with E-state index in [4.69, 9.17) is 5.73 Å². The van der Waals surface area contributed by atoms with Gasteiger partial charge in [-0.15, -0.1) is 0 Å². The van der Waals surface area contributed by atoms with Gasteiger partial charge in [-0.25, -0.2) is 0 Å². The van der Waals surface area contributed by atoms with Gasteiger partial charge in [0.2, 0.25) is 0 Å². The van der Waals surface area contributed by atoms with Gasteiger partial charge in [-0.1, -0.05) is 24.3 Å².